The Hall–Kier alpha value is -1.82. The molecule has 0 aliphatic rings. The van der Waals surface area contributed by atoms with E-state index in [1.54, 1.807) is 0 Å². The van der Waals surface area contributed by atoms with Gasteiger partial charge >= 0.3 is 11.9 Å². The lowest BCUT2D eigenvalue weighted by Gasteiger charge is -2.05. The highest BCUT2D eigenvalue weighted by Crippen LogP contribution is 2.01. The van der Waals surface area contributed by atoms with E-state index in [9.17, 15) is 9.59 Å². The van der Waals surface area contributed by atoms with E-state index in [0.717, 1.165) is 12.2 Å². The summed E-state index contributed by atoms with van der Waals surface area (Å²) in [6, 6.07) is -1.60. The van der Waals surface area contributed by atoms with Crippen LogP contribution >= 0.6 is 0 Å². The second-order valence-corrected chi connectivity index (χ2v) is 2.08. The van der Waals surface area contributed by atoms with Crippen LogP contribution in [0.25, 0.3) is 0 Å². The van der Waals surface area contributed by atoms with Crippen LogP contribution < -0.4 is 5.73 Å². The lowest BCUT2D eigenvalue weighted by atomic mass is 10.1. The zero-order valence-corrected chi connectivity index (χ0v) is 6.54. The van der Waals surface area contributed by atoms with Crippen molar-refractivity contribution in [2.75, 3.05) is 0 Å². The first kappa shape index (κ1) is 11.2. The number of aliphatic hydroxyl groups is 1. The molecule has 0 radical (unpaired) electrons. The highest BCUT2D eigenvalue weighted by Gasteiger charge is 2.22. The number of allylic oxidation sites excluding steroid dienone is 2. The monoisotopic (exact) mass is 187 g/mol. The summed E-state index contributed by atoms with van der Waals surface area (Å²) in [7, 11) is 0. The van der Waals surface area contributed by atoms with Gasteiger partial charge in [0.1, 0.15) is 6.04 Å². The Morgan fingerprint density at radius 3 is 2.15 bits per heavy atom. The molecule has 0 heterocycles. The molecule has 0 amide bonds. The zero-order valence-electron chi connectivity index (χ0n) is 6.54. The third kappa shape index (κ3) is 3.39. The first-order valence-corrected chi connectivity index (χ1v) is 3.23. The molecule has 6 nitrogen and oxygen atoms in total. The number of nitrogens with two attached hydrogens (primary N) is 1. The van der Waals surface area contributed by atoms with E-state index in [-0.39, 0.29) is 0 Å². The maximum atomic E-state index is 10.4. The third-order valence-corrected chi connectivity index (χ3v) is 1.21. The molecule has 1 unspecified atom stereocenters. The molecule has 6 heteroatoms. The number of rotatable bonds is 4. The summed E-state index contributed by atoms with van der Waals surface area (Å²) in [6.07, 6.45) is 2.48. The Balaban J connectivity index is 4.81. The molecule has 0 aromatic carbocycles. The molecule has 5 N–H and O–H groups in total. The summed E-state index contributed by atoms with van der Waals surface area (Å²) < 4.78 is 0. The van der Waals surface area contributed by atoms with Crippen molar-refractivity contribution in [1.82, 2.24) is 0 Å². The van der Waals surface area contributed by atoms with Gasteiger partial charge in [0.2, 0.25) is 0 Å². The first-order chi connectivity index (χ1) is 6.00. The fourth-order valence-corrected chi connectivity index (χ4v) is 0.588. The SMILES string of the molecule is NC(C(=O)O)/C(=C\C=C/O)C(=O)O. The lowest BCUT2D eigenvalue weighted by Crippen LogP contribution is -2.35. The summed E-state index contributed by atoms with van der Waals surface area (Å²) >= 11 is 0. The van der Waals surface area contributed by atoms with Crippen LogP contribution in [-0.2, 0) is 9.59 Å². The van der Waals surface area contributed by atoms with Crippen LogP contribution in [0.2, 0.25) is 0 Å². The fourth-order valence-electron chi connectivity index (χ4n) is 0.588. The van der Waals surface area contributed by atoms with Gasteiger partial charge in [-0.05, 0) is 12.2 Å². The highest BCUT2D eigenvalue weighted by molar-refractivity contribution is 5.96. The topological polar surface area (TPSA) is 121 Å². The summed E-state index contributed by atoms with van der Waals surface area (Å²) in [5.74, 6) is -2.88. The molecular weight excluding hydrogens is 178 g/mol. The molecule has 72 valence electrons. The van der Waals surface area contributed by atoms with Crippen LogP contribution in [0.1, 0.15) is 0 Å². The number of carboxylic acids is 2. The number of aliphatic carboxylic acids is 2. The third-order valence-electron chi connectivity index (χ3n) is 1.21. The van der Waals surface area contributed by atoms with Crippen molar-refractivity contribution in [3.8, 4) is 0 Å². The van der Waals surface area contributed by atoms with Crippen molar-refractivity contribution in [3.05, 3.63) is 24.0 Å². The number of carbonyl (C=O) groups is 2. The number of hydrogen-bond acceptors (Lipinski definition) is 4. The minimum Gasteiger partial charge on any atom is -0.516 e. The Morgan fingerprint density at radius 1 is 1.31 bits per heavy atom. The predicted octanol–water partition coefficient (Wildman–Crippen LogP) is -0.519. The maximum Gasteiger partial charge on any atom is 0.333 e. The quantitative estimate of drug-likeness (QED) is 0.267. The average molecular weight is 187 g/mol. The van der Waals surface area contributed by atoms with Gasteiger partial charge in [-0.3, -0.25) is 4.79 Å². The van der Waals surface area contributed by atoms with Gasteiger partial charge in [-0.25, -0.2) is 4.79 Å². The minimum atomic E-state index is -1.60. The Kier molecular flexibility index (Phi) is 4.25. The molecule has 0 aliphatic heterocycles. The van der Waals surface area contributed by atoms with Crippen molar-refractivity contribution in [2.24, 2.45) is 5.73 Å². The van der Waals surface area contributed by atoms with Crippen LogP contribution in [0, 0.1) is 0 Å². The van der Waals surface area contributed by atoms with Crippen LogP contribution in [-0.4, -0.2) is 33.3 Å². The Labute approximate surface area is 73.6 Å². The molecule has 0 fully saturated rings. The maximum absolute atomic E-state index is 10.4. The molecule has 1 atom stereocenters. The van der Waals surface area contributed by atoms with Gasteiger partial charge in [0, 0.05) is 0 Å². The van der Waals surface area contributed by atoms with E-state index in [4.69, 9.17) is 21.1 Å². The molecule has 0 saturated heterocycles. The molecule has 13 heavy (non-hydrogen) atoms. The summed E-state index contributed by atoms with van der Waals surface area (Å²) in [4.78, 5) is 20.7. The molecule has 0 saturated carbocycles. The van der Waals surface area contributed by atoms with Crippen LogP contribution in [0.15, 0.2) is 24.0 Å². The lowest BCUT2D eigenvalue weighted by molar-refractivity contribution is -0.141. The Bertz CT molecular complexity index is 268. The van der Waals surface area contributed by atoms with Gasteiger partial charge in [0.15, 0.2) is 0 Å². The van der Waals surface area contributed by atoms with E-state index in [2.05, 4.69) is 0 Å². The molecule has 0 aromatic heterocycles. The van der Waals surface area contributed by atoms with Gasteiger partial charge in [-0.2, -0.15) is 0 Å². The largest absolute Gasteiger partial charge is 0.516 e. The Morgan fingerprint density at radius 2 is 1.85 bits per heavy atom. The second kappa shape index (κ2) is 4.94. The zero-order chi connectivity index (χ0) is 10.4. The molecule has 0 rings (SSSR count). The highest BCUT2D eigenvalue weighted by atomic mass is 16.4. The van der Waals surface area contributed by atoms with Crippen molar-refractivity contribution in [3.63, 3.8) is 0 Å². The van der Waals surface area contributed by atoms with E-state index < -0.39 is 23.6 Å². The van der Waals surface area contributed by atoms with E-state index >= 15 is 0 Å². The molecule has 0 spiro atoms. The summed E-state index contributed by atoms with van der Waals surface area (Å²) in [5.41, 5.74) is 4.54. The average Bonchev–Trinajstić information content (AvgIpc) is 2.04. The number of hydrogen-bond donors (Lipinski definition) is 4. The second-order valence-electron chi connectivity index (χ2n) is 2.08. The molecular formula is C7H9NO5. The van der Waals surface area contributed by atoms with E-state index in [1.807, 2.05) is 0 Å². The molecule has 0 aliphatic carbocycles. The van der Waals surface area contributed by atoms with Gasteiger partial charge < -0.3 is 21.1 Å². The van der Waals surface area contributed by atoms with Crippen molar-refractivity contribution in [2.45, 2.75) is 6.04 Å². The van der Waals surface area contributed by atoms with Crippen molar-refractivity contribution >= 4 is 11.9 Å². The van der Waals surface area contributed by atoms with Crippen LogP contribution in [0.4, 0.5) is 0 Å². The van der Waals surface area contributed by atoms with E-state index in [1.165, 1.54) is 0 Å². The van der Waals surface area contributed by atoms with Gasteiger partial charge in [-0.1, -0.05) is 0 Å². The van der Waals surface area contributed by atoms with Crippen LogP contribution in [0.3, 0.4) is 0 Å². The van der Waals surface area contributed by atoms with Crippen molar-refractivity contribution in [1.29, 1.82) is 0 Å². The molecule has 0 aromatic rings. The fraction of sp³-hybridized carbons (Fsp3) is 0.143. The summed E-state index contributed by atoms with van der Waals surface area (Å²) in [6.45, 7) is 0. The number of carboxylic acid groups (broad SMARTS) is 2. The molecule has 0 bridgehead atoms. The standard InChI is InChI=1S/C7H9NO5/c8-5(7(12)13)4(6(10)11)2-1-3-9/h1-3,5,9H,8H2,(H,10,11)(H,12,13)/b3-1-,4-2+. The number of aliphatic hydroxyl groups excluding tert-OH is 1. The van der Waals surface area contributed by atoms with Gasteiger partial charge in [0.25, 0.3) is 0 Å². The predicted molar refractivity (Wildman–Crippen MR) is 43.1 cm³/mol. The van der Waals surface area contributed by atoms with Crippen molar-refractivity contribution < 1.29 is 24.9 Å². The van der Waals surface area contributed by atoms with E-state index in [0.29, 0.717) is 6.26 Å². The van der Waals surface area contributed by atoms with Crippen LogP contribution in [0.5, 0.6) is 0 Å². The van der Waals surface area contributed by atoms with Gasteiger partial charge in [-0.15, -0.1) is 0 Å². The summed E-state index contributed by atoms with van der Waals surface area (Å²) in [5, 5.41) is 25.1. The smallest absolute Gasteiger partial charge is 0.333 e. The minimum absolute atomic E-state index is 0.502. The first-order valence-electron chi connectivity index (χ1n) is 3.23. The normalized spacial score (nSPS) is 14.4. The van der Waals surface area contributed by atoms with Gasteiger partial charge in [0.05, 0.1) is 11.8 Å².